The lowest BCUT2D eigenvalue weighted by molar-refractivity contribution is -0.130. The van der Waals surface area contributed by atoms with Gasteiger partial charge in [0.1, 0.15) is 4.90 Å². The van der Waals surface area contributed by atoms with Gasteiger partial charge in [0.2, 0.25) is 15.9 Å². The SMILES string of the molecule is Nc1cc(NCC(=O)N2CCCCC2)ccc1S(N)(=O)=O. The van der Waals surface area contributed by atoms with Gasteiger partial charge in [-0.3, -0.25) is 4.79 Å². The van der Waals surface area contributed by atoms with Gasteiger partial charge in [-0.05, 0) is 37.5 Å². The summed E-state index contributed by atoms with van der Waals surface area (Å²) in [5.41, 5.74) is 6.31. The lowest BCUT2D eigenvalue weighted by atomic mass is 10.1. The second-order valence-electron chi connectivity index (χ2n) is 5.09. The van der Waals surface area contributed by atoms with Gasteiger partial charge in [-0.25, -0.2) is 13.6 Å². The molecule has 1 fully saturated rings. The molecule has 0 aromatic heterocycles. The summed E-state index contributed by atoms with van der Waals surface area (Å²) in [5.74, 6) is 0.0313. The number of piperidine rings is 1. The van der Waals surface area contributed by atoms with Crippen molar-refractivity contribution in [2.24, 2.45) is 5.14 Å². The van der Waals surface area contributed by atoms with E-state index >= 15 is 0 Å². The maximum Gasteiger partial charge on any atom is 0.241 e. The van der Waals surface area contributed by atoms with Gasteiger partial charge in [0.05, 0.1) is 12.2 Å². The molecule has 5 N–H and O–H groups in total. The first kappa shape index (κ1) is 15.6. The molecule has 1 amide bonds. The fourth-order valence-corrected chi connectivity index (χ4v) is 3.00. The number of carbonyl (C=O) groups is 1. The molecule has 1 saturated heterocycles. The van der Waals surface area contributed by atoms with Crippen LogP contribution in [0.1, 0.15) is 19.3 Å². The summed E-state index contributed by atoms with van der Waals surface area (Å²) in [6, 6.07) is 4.33. The number of nitrogens with zero attached hydrogens (tertiary/aromatic N) is 1. The second kappa shape index (κ2) is 6.31. The van der Waals surface area contributed by atoms with E-state index in [1.807, 2.05) is 4.90 Å². The minimum atomic E-state index is -3.83. The van der Waals surface area contributed by atoms with E-state index in [2.05, 4.69) is 5.32 Å². The molecule has 0 spiro atoms. The van der Waals surface area contributed by atoms with Gasteiger partial charge in [0, 0.05) is 18.8 Å². The van der Waals surface area contributed by atoms with E-state index in [9.17, 15) is 13.2 Å². The maximum atomic E-state index is 12.0. The Bertz CT molecular complexity index is 624. The van der Waals surface area contributed by atoms with Crippen LogP contribution in [0.15, 0.2) is 23.1 Å². The smallest absolute Gasteiger partial charge is 0.241 e. The van der Waals surface area contributed by atoms with Gasteiger partial charge in [-0.1, -0.05) is 0 Å². The zero-order chi connectivity index (χ0) is 15.5. The van der Waals surface area contributed by atoms with Crippen LogP contribution in [0.2, 0.25) is 0 Å². The van der Waals surface area contributed by atoms with Crippen molar-refractivity contribution in [1.29, 1.82) is 0 Å². The first-order chi connectivity index (χ1) is 9.88. The molecule has 7 nitrogen and oxygen atoms in total. The highest BCUT2D eigenvalue weighted by molar-refractivity contribution is 7.89. The summed E-state index contributed by atoms with van der Waals surface area (Å²) >= 11 is 0. The number of hydrogen-bond acceptors (Lipinski definition) is 5. The molecule has 1 aliphatic heterocycles. The normalized spacial score (nSPS) is 15.8. The number of sulfonamides is 1. The van der Waals surface area contributed by atoms with Crippen molar-refractivity contribution in [3.8, 4) is 0 Å². The molecule has 0 unspecified atom stereocenters. The average Bonchev–Trinajstić information content (AvgIpc) is 2.44. The number of hydrogen-bond donors (Lipinski definition) is 3. The third-order valence-corrected chi connectivity index (χ3v) is 4.45. The zero-order valence-electron chi connectivity index (χ0n) is 11.7. The van der Waals surface area contributed by atoms with E-state index in [0.29, 0.717) is 5.69 Å². The number of nitrogens with two attached hydrogens (primary N) is 2. The summed E-state index contributed by atoms with van der Waals surface area (Å²) in [6.45, 7) is 1.76. The lowest BCUT2D eigenvalue weighted by Gasteiger charge is -2.26. The summed E-state index contributed by atoms with van der Waals surface area (Å²) in [5, 5.41) is 7.99. The molecule has 1 aliphatic rings. The first-order valence-corrected chi connectivity index (χ1v) is 8.36. The quantitative estimate of drug-likeness (QED) is 0.693. The van der Waals surface area contributed by atoms with Gasteiger partial charge >= 0.3 is 0 Å². The predicted octanol–water partition coefficient (Wildman–Crippen LogP) is 0.341. The highest BCUT2D eigenvalue weighted by atomic mass is 32.2. The number of amides is 1. The largest absolute Gasteiger partial charge is 0.398 e. The Morgan fingerprint density at radius 1 is 1.24 bits per heavy atom. The Morgan fingerprint density at radius 2 is 1.90 bits per heavy atom. The average molecular weight is 312 g/mol. The zero-order valence-corrected chi connectivity index (χ0v) is 12.5. The molecule has 1 aromatic carbocycles. The minimum Gasteiger partial charge on any atom is -0.398 e. The fraction of sp³-hybridized carbons (Fsp3) is 0.462. The van der Waals surface area contributed by atoms with Crippen LogP contribution in [-0.4, -0.2) is 38.9 Å². The standard InChI is InChI=1S/C13H20N4O3S/c14-11-8-10(4-5-12(11)21(15,19)20)16-9-13(18)17-6-2-1-3-7-17/h4-5,8,16H,1-3,6-7,9,14H2,(H2,15,19,20). The van der Waals surface area contributed by atoms with Crippen LogP contribution in [-0.2, 0) is 14.8 Å². The van der Waals surface area contributed by atoms with Gasteiger partial charge in [-0.15, -0.1) is 0 Å². The van der Waals surface area contributed by atoms with Gasteiger partial charge in [0.25, 0.3) is 0 Å². The van der Waals surface area contributed by atoms with E-state index in [-0.39, 0.29) is 23.0 Å². The van der Waals surface area contributed by atoms with Crippen LogP contribution in [0, 0.1) is 0 Å². The van der Waals surface area contributed by atoms with E-state index in [1.165, 1.54) is 18.6 Å². The van der Waals surface area contributed by atoms with Crippen LogP contribution >= 0.6 is 0 Å². The summed E-state index contributed by atoms with van der Waals surface area (Å²) in [6.07, 6.45) is 3.26. The van der Waals surface area contributed by atoms with E-state index < -0.39 is 10.0 Å². The molecule has 116 valence electrons. The Morgan fingerprint density at radius 3 is 2.48 bits per heavy atom. The highest BCUT2D eigenvalue weighted by Crippen LogP contribution is 2.21. The topological polar surface area (TPSA) is 119 Å². The lowest BCUT2D eigenvalue weighted by Crippen LogP contribution is -2.39. The number of rotatable bonds is 4. The molecule has 1 heterocycles. The van der Waals surface area contributed by atoms with Crippen molar-refractivity contribution < 1.29 is 13.2 Å². The molecule has 0 atom stereocenters. The summed E-state index contributed by atoms with van der Waals surface area (Å²) < 4.78 is 22.5. The summed E-state index contributed by atoms with van der Waals surface area (Å²) in [4.78, 5) is 13.7. The van der Waals surface area contributed by atoms with Gasteiger partial charge in [-0.2, -0.15) is 0 Å². The molecule has 0 radical (unpaired) electrons. The summed E-state index contributed by atoms with van der Waals surface area (Å²) in [7, 11) is -3.83. The molecular formula is C13H20N4O3S. The van der Waals surface area contributed by atoms with E-state index in [0.717, 1.165) is 25.9 Å². The van der Waals surface area contributed by atoms with Crippen LogP contribution in [0.5, 0.6) is 0 Å². The Hall–Kier alpha value is -1.80. The minimum absolute atomic E-state index is 0.0313. The van der Waals surface area contributed by atoms with Crippen molar-refractivity contribution in [3.63, 3.8) is 0 Å². The second-order valence-corrected chi connectivity index (χ2v) is 6.62. The highest BCUT2D eigenvalue weighted by Gasteiger charge is 2.16. The van der Waals surface area contributed by atoms with Crippen molar-refractivity contribution in [2.45, 2.75) is 24.2 Å². The van der Waals surface area contributed by atoms with Crippen LogP contribution in [0.3, 0.4) is 0 Å². The van der Waals surface area contributed by atoms with Crippen molar-refractivity contribution in [2.75, 3.05) is 30.7 Å². The first-order valence-electron chi connectivity index (χ1n) is 6.82. The third kappa shape index (κ3) is 4.08. The Balaban J connectivity index is 1.97. The molecule has 21 heavy (non-hydrogen) atoms. The molecule has 1 aromatic rings. The number of anilines is 2. The Kier molecular flexibility index (Phi) is 4.69. The number of nitrogen functional groups attached to an aromatic ring is 1. The number of primary sulfonamides is 1. The predicted molar refractivity (Wildman–Crippen MR) is 81.1 cm³/mol. The van der Waals surface area contributed by atoms with Crippen LogP contribution in [0.25, 0.3) is 0 Å². The maximum absolute atomic E-state index is 12.0. The molecule has 0 saturated carbocycles. The fourth-order valence-electron chi connectivity index (χ4n) is 2.35. The number of nitrogens with one attached hydrogen (secondary N) is 1. The molecule has 2 rings (SSSR count). The number of likely N-dealkylation sites (tertiary alicyclic amines) is 1. The van der Waals surface area contributed by atoms with E-state index in [4.69, 9.17) is 10.9 Å². The molecule has 8 heteroatoms. The third-order valence-electron chi connectivity index (χ3n) is 3.47. The molecular weight excluding hydrogens is 292 g/mol. The van der Waals surface area contributed by atoms with Crippen LogP contribution < -0.4 is 16.2 Å². The number of carbonyl (C=O) groups excluding carboxylic acids is 1. The van der Waals surface area contributed by atoms with E-state index in [1.54, 1.807) is 6.07 Å². The van der Waals surface area contributed by atoms with Crippen LogP contribution in [0.4, 0.5) is 11.4 Å². The molecule has 0 bridgehead atoms. The monoisotopic (exact) mass is 312 g/mol. The van der Waals surface area contributed by atoms with Gasteiger partial charge in [0.15, 0.2) is 0 Å². The number of benzene rings is 1. The van der Waals surface area contributed by atoms with Gasteiger partial charge < -0.3 is 16.0 Å². The van der Waals surface area contributed by atoms with Crippen molar-refractivity contribution in [1.82, 2.24) is 4.90 Å². The van der Waals surface area contributed by atoms with Crippen molar-refractivity contribution in [3.05, 3.63) is 18.2 Å². The Labute approximate surface area is 124 Å². The van der Waals surface area contributed by atoms with Crippen molar-refractivity contribution >= 4 is 27.3 Å². The molecule has 0 aliphatic carbocycles.